The number of hydrogen-bond acceptors (Lipinski definition) is 5. The van der Waals surface area contributed by atoms with Gasteiger partial charge in [0.25, 0.3) is 0 Å². The minimum atomic E-state index is -5.23. The molecule has 3 aromatic rings. The van der Waals surface area contributed by atoms with Crippen LogP contribution in [-0.2, 0) is 32.2 Å². The minimum Gasteiger partial charge on any atom is -0.340 e. The Morgan fingerprint density at radius 1 is 1.08 bits per heavy atom. The van der Waals surface area contributed by atoms with Crippen LogP contribution in [-0.4, -0.2) is 36.4 Å². The first kappa shape index (κ1) is 25.5. The number of H-pyrrole nitrogens is 1. The number of alkyl halides is 6. The number of aromatic nitrogens is 2. The Bertz CT molecular complexity index is 1430. The molecule has 1 aliphatic heterocycles. The molecule has 0 spiro atoms. The average molecular weight is 534 g/mol. The molecule has 0 bridgehead atoms. The number of halogens is 6. The van der Waals surface area contributed by atoms with E-state index in [9.17, 15) is 44.3 Å². The first-order chi connectivity index (χ1) is 16.6. The summed E-state index contributed by atoms with van der Waals surface area (Å²) in [5.41, 5.74) is -0.409. The molecule has 2 heterocycles. The fraction of sp³-hybridized carbons (Fsp3) is 0.286. The van der Waals surface area contributed by atoms with Gasteiger partial charge in [-0.05, 0) is 35.7 Å². The number of aromatic amines is 1. The molecule has 192 valence electrons. The minimum absolute atomic E-state index is 0.0446. The number of sulfonamides is 1. The van der Waals surface area contributed by atoms with Crippen molar-refractivity contribution in [3.8, 4) is 0 Å². The lowest BCUT2D eigenvalue weighted by Gasteiger charge is -2.18. The number of benzene rings is 2. The second kappa shape index (κ2) is 8.80. The van der Waals surface area contributed by atoms with Crippen molar-refractivity contribution < 1.29 is 44.3 Å². The third kappa shape index (κ3) is 5.29. The summed E-state index contributed by atoms with van der Waals surface area (Å²) >= 11 is 0. The summed E-state index contributed by atoms with van der Waals surface area (Å²) in [4.78, 5) is 29.7. The van der Waals surface area contributed by atoms with Crippen molar-refractivity contribution in [3.05, 3.63) is 65.0 Å². The summed E-state index contributed by atoms with van der Waals surface area (Å²) in [6.07, 6.45) is -10.4. The van der Waals surface area contributed by atoms with Gasteiger partial charge in [-0.3, -0.25) is 14.3 Å². The molecule has 36 heavy (non-hydrogen) atoms. The summed E-state index contributed by atoms with van der Waals surface area (Å²) < 4.78 is 104. The largest absolute Gasteiger partial charge is 0.471 e. The van der Waals surface area contributed by atoms with Gasteiger partial charge in [-0.25, -0.2) is 13.4 Å². The van der Waals surface area contributed by atoms with Gasteiger partial charge in [-0.15, -0.1) is 0 Å². The molecule has 1 unspecified atom stereocenters. The van der Waals surface area contributed by atoms with Crippen LogP contribution in [0.25, 0.3) is 11.0 Å². The Morgan fingerprint density at radius 2 is 1.75 bits per heavy atom. The van der Waals surface area contributed by atoms with Crippen molar-refractivity contribution in [2.24, 2.45) is 0 Å². The summed E-state index contributed by atoms with van der Waals surface area (Å²) in [6.45, 7) is 0. The molecule has 15 heteroatoms. The molecule has 0 aliphatic carbocycles. The predicted molar refractivity (Wildman–Crippen MR) is 113 cm³/mol. The van der Waals surface area contributed by atoms with Gasteiger partial charge >= 0.3 is 18.3 Å². The molecule has 1 fully saturated rings. The number of hydrogen-bond donors (Lipinski definition) is 3. The van der Waals surface area contributed by atoms with Crippen LogP contribution in [0.4, 0.5) is 26.3 Å². The van der Waals surface area contributed by atoms with Crippen molar-refractivity contribution in [1.82, 2.24) is 20.0 Å². The van der Waals surface area contributed by atoms with Crippen molar-refractivity contribution >= 4 is 32.9 Å². The normalized spacial score (nSPS) is 18.7. The standard InChI is InChI=1S/C21H16F6N4O4S/c22-20(23,24)12-5-6-13-14(8-12)29-18(28-13)15(30-19(33)21(25,26)27)7-10-1-3-11(4-2-10)16-9-17(32)31-36(16,34)35/h1-6,8,15-16H,7,9H2,(H,28,29)(H,30,33)(H,31,32)/t15-,16?/m0/s1. The van der Waals surface area contributed by atoms with E-state index in [2.05, 4.69) is 9.97 Å². The number of nitrogens with one attached hydrogen (secondary N) is 3. The number of carbonyl (C=O) groups excluding carboxylic acids is 2. The zero-order chi connectivity index (χ0) is 26.5. The van der Waals surface area contributed by atoms with E-state index < -0.39 is 51.0 Å². The van der Waals surface area contributed by atoms with E-state index in [-0.39, 0.29) is 35.3 Å². The van der Waals surface area contributed by atoms with Gasteiger partial charge in [0.2, 0.25) is 15.9 Å². The molecule has 2 aromatic carbocycles. The third-order valence-electron chi connectivity index (χ3n) is 5.51. The van der Waals surface area contributed by atoms with Crippen LogP contribution in [0, 0.1) is 0 Å². The number of imidazole rings is 1. The quantitative estimate of drug-likeness (QED) is 0.433. The molecule has 1 aromatic heterocycles. The van der Waals surface area contributed by atoms with Crippen LogP contribution in [0.3, 0.4) is 0 Å². The SMILES string of the molecule is O=C1CC(c2ccc(C[C@H](NC(=O)C(F)(F)F)c3nc4ccc(C(F)(F)F)cc4[nH]3)cc2)S(=O)(=O)N1. The van der Waals surface area contributed by atoms with Gasteiger partial charge in [-0.1, -0.05) is 24.3 Å². The number of fused-ring (bicyclic) bond motifs is 1. The number of rotatable bonds is 5. The van der Waals surface area contributed by atoms with Gasteiger partial charge in [0.05, 0.1) is 29.1 Å². The van der Waals surface area contributed by atoms with Crippen LogP contribution in [0.2, 0.25) is 0 Å². The topological polar surface area (TPSA) is 121 Å². The highest BCUT2D eigenvalue weighted by Gasteiger charge is 2.41. The molecule has 2 atom stereocenters. The Balaban J connectivity index is 1.64. The van der Waals surface area contributed by atoms with E-state index in [4.69, 9.17) is 0 Å². The zero-order valence-electron chi connectivity index (χ0n) is 17.9. The van der Waals surface area contributed by atoms with Gasteiger partial charge in [0.15, 0.2) is 0 Å². The summed E-state index contributed by atoms with van der Waals surface area (Å²) in [6, 6.07) is 6.74. The van der Waals surface area contributed by atoms with Crippen molar-refractivity contribution in [2.45, 2.75) is 36.5 Å². The maximum atomic E-state index is 13.0. The number of nitrogens with zero attached hydrogens (tertiary/aromatic N) is 1. The van der Waals surface area contributed by atoms with E-state index >= 15 is 0 Å². The highest BCUT2D eigenvalue weighted by atomic mass is 32.2. The lowest BCUT2D eigenvalue weighted by molar-refractivity contribution is -0.174. The molecule has 3 N–H and O–H groups in total. The fourth-order valence-electron chi connectivity index (χ4n) is 3.78. The number of carbonyl (C=O) groups is 2. The van der Waals surface area contributed by atoms with E-state index in [1.165, 1.54) is 24.3 Å². The average Bonchev–Trinajstić information content (AvgIpc) is 3.31. The van der Waals surface area contributed by atoms with Crippen LogP contribution in [0.15, 0.2) is 42.5 Å². The maximum absolute atomic E-state index is 13.0. The summed E-state index contributed by atoms with van der Waals surface area (Å²) in [5, 5.41) is 0.659. The lowest BCUT2D eigenvalue weighted by Crippen LogP contribution is -2.40. The van der Waals surface area contributed by atoms with Gasteiger partial charge in [0.1, 0.15) is 11.1 Å². The zero-order valence-corrected chi connectivity index (χ0v) is 18.7. The highest BCUT2D eigenvalue weighted by molar-refractivity contribution is 7.90. The molecule has 1 saturated heterocycles. The Kier molecular flexibility index (Phi) is 6.22. The van der Waals surface area contributed by atoms with E-state index in [0.717, 1.165) is 18.2 Å². The molecular weight excluding hydrogens is 518 g/mol. The molecule has 0 radical (unpaired) electrons. The Labute approximate surface area is 199 Å². The third-order valence-corrected chi connectivity index (χ3v) is 7.21. The highest BCUT2D eigenvalue weighted by Crippen LogP contribution is 2.33. The summed E-state index contributed by atoms with van der Waals surface area (Å²) in [7, 11) is -3.91. The van der Waals surface area contributed by atoms with Crippen LogP contribution < -0.4 is 10.0 Å². The van der Waals surface area contributed by atoms with Gasteiger partial charge in [0, 0.05) is 0 Å². The van der Waals surface area contributed by atoms with Crippen LogP contribution in [0.5, 0.6) is 0 Å². The maximum Gasteiger partial charge on any atom is 0.471 e. The van der Waals surface area contributed by atoms with Gasteiger partial charge in [-0.2, -0.15) is 26.3 Å². The molecule has 4 rings (SSSR count). The molecule has 8 nitrogen and oxygen atoms in total. The Morgan fingerprint density at radius 3 is 2.31 bits per heavy atom. The monoisotopic (exact) mass is 534 g/mol. The first-order valence-electron chi connectivity index (χ1n) is 10.2. The van der Waals surface area contributed by atoms with E-state index in [0.29, 0.717) is 5.56 Å². The van der Waals surface area contributed by atoms with Crippen molar-refractivity contribution in [2.75, 3.05) is 0 Å². The summed E-state index contributed by atoms with van der Waals surface area (Å²) in [5.74, 6) is -3.15. The second-order valence-electron chi connectivity index (χ2n) is 8.08. The van der Waals surface area contributed by atoms with Crippen molar-refractivity contribution in [1.29, 1.82) is 0 Å². The van der Waals surface area contributed by atoms with E-state index in [1.807, 2.05) is 4.72 Å². The fourth-order valence-corrected chi connectivity index (χ4v) is 5.21. The first-order valence-corrected chi connectivity index (χ1v) is 11.8. The van der Waals surface area contributed by atoms with Crippen LogP contribution >= 0.6 is 0 Å². The van der Waals surface area contributed by atoms with E-state index in [1.54, 1.807) is 5.32 Å². The second-order valence-corrected chi connectivity index (χ2v) is 9.95. The molecular formula is C21H16F6N4O4S. The Hall–Kier alpha value is -3.62. The molecule has 2 amide bonds. The molecule has 0 saturated carbocycles. The lowest BCUT2D eigenvalue weighted by atomic mass is 10.0. The van der Waals surface area contributed by atoms with Crippen LogP contribution in [0.1, 0.15) is 40.2 Å². The molecule has 1 aliphatic rings. The van der Waals surface area contributed by atoms with Crippen molar-refractivity contribution in [3.63, 3.8) is 0 Å². The smallest absolute Gasteiger partial charge is 0.340 e. The number of amides is 2. The predicted octanol–water partition coefficient (Wildman–Crippen LogP) is 3.43. The van der Waals surface area contributed by atoms with Gasteiger partial charge < -0.3 is 10.3 Å².